The standard InChI is InChI=1S/C23H30N4O2/c1-16-7-6-8-20(17(16)2)26-9-11-27(12-10-26)22(29)19-13-18(14-24-15-19)21(28)25-23(3,4)5/h6-8,13-15H,9-12H2,1-5H3,(H,25,28). The summed E-state index contributed by atoms with van der Waals surface area (Å²) in [7, 11) is 0. The van der Waals surface area contributed by atoms with Crippen LogP contribution in [0.25, 0.3) is 0 Å². The van der Waals surface area contributed by atoms with E-state index in [1.54, 1.807) is 6.07 Å². The number of pyridine rings is 1. The topological polar surface area (TPSA) is 65.5 Å². The first-order chi connectivity index (χ1) is 13.7. The molecule has 2 heterocycles. The molecule has 0 radical (unpaired) electrons. The van der Waals surface area contributed by atoms with Crippen molar-refractivity contribution >= 4 is 17.5 Å². The quantitative estimate of drug-likeness (QED) is 0.868. The minimum absolute atomic E-state index is 0.0801. The number of carbonyl (C=O) groups is 2. The van der Waals surface area contributed by atoms with E-state index in [1.807, 2.05) is 25.7 Å². The number of hydrogen-bond donors (Lipinski definition) is 1. The summed E-state index contributed by atoms with van der Waals surface area (Å²) in [5.41, 5.74) is 4.30. The fraction of sp³-hybridized carbons (Fsp3) is 0.435. The zero-order valence-electron chi connectivity index (χ0n) is 18.0. The maximum absolute atomic E-state index is 13.0. The summed E-state index contributed by atoms with van der Waals surface area (Å²) < 4.78 is 0. The number of carbonyl (C=O) groups excluding carboxylic acids is 2. The molecule has 0 bridgehead atoms. The molecule has 0 aliphatic carbocycles. The Bertz CT molecular complexity index is 909. The van der Waals surface area contributed by atoms with Crippen molar-refractivity contribution in [2.75, 3.05) is 31.1 Å². The van der Waals surface area contributed by atoms with Crippen LogP contribution in [0.1, 0.15) is 52.6 Å². The van der Waals surface area contributed by atoms with Crippen molar-refractivity contribution in [2.45, 2.75) is 40.2 Å². The first-order valence-electron chi connectivity index (χ1n) is 10.0. The van der Waals surface area contributed by atoms with Crippen LogP contribution in [0.15, 0.2) is 36.7 Å². The number of nitrogens with zero attached hydrogens (tertiary/aromatic N) is 3. The van der Waals surface area contributed by atoms with E-state index in [9.17, 15) is 9.59 Å². The van der Waals surface area contributed by atoms with E-state index in [0.717, 1.165) is 13.1 Å². The number of anilines is 1. The van der Waals surface area contributed by atoms with Crippen LogP contribution in [0.2, 0.25) is 0 Å². The van der Waals surface area contributed by atoms with Crippen LogP contribution in [0.4, 0.5) is 5.69 Å². The lowest BCUT2D eigenvalue weighted by atomic mass is 10.1. The maximum atomic E-state index is 13.0. The van der Waals surface area contributed by atoms with Crippen LogP contribution < -0.4 is 10.2 Å². The molecule has 6 heteroatoms. The minimum Gasteiger partial charge on any atom is -0.368 e. The molecular formula is C23H30N4O2. The number of hydrogen-bond acceptors (Lipinski definition) is 4. The van der Waals surface area contributed by atoms with E-state index in [-0.39, 0.29) is 17.4 Å². The van der Waals surface area contributed by atoms with Gasteiger partial charge in [-0.25, -0.2) is 0 Å². The van der Waals surface area contributed by atoms with E-state index < -0.39 is 0 Å². The van der Waals surface area contributed by atoms with Gasteiger partial charge in [-0.15, -0.1) is 0 Å². The van der Waals surface area contributed by atoms with Crippen LogP contribution in [0.3, 0.4) is 0 Å². The first-order valence-corrected chi connectivity index (χ1v) is 10.0. The second kappa shape index (κ2) is 8.23. The smallest absolute Gasteiger partial charge is 0.255 e. The summed E-state index contributed by atoms with van der Waals surface area (Å²) in [6.45, 7) is 12.9. The van der Waals surface area contributed by atoms with E-state index in [1.165, 1.54) is 29.2 Å². The van der Waals surface area contributed by atoms with E-state index in [0.29, 0.717) is 24.2 Å². The third kappa shape index (κ3) is 4.94. The molecule has 0 unspecified atom stereocenters. The molecule has 1 N–H and O–H groups in total. The van der Waals surface area contributed by atoms with E-state index in [2.05, 4.69) is 47.2 Å². The molecule has 29 heavy (non-hydrogen) atoms. The summed E-state index contributed by atoms with van der Waals surface area (Å²) in [5.74, 6) is -0.303. The van der Waals surface area contributed by atoms with Crippen molar-refractivity contribution in [1.29, 1.82) is 0 Å². The fourth-order valence-corrected chi connectivity index (χ4v) is 3.51. The summed E-state index contributed by atoms with van der Waals surface area (Å²) in [5, 5.41) is 2.90. The molecule has 154 valence electrons. The molecule has 1 saturated heterocycles. The SMILES string of the molecule is Cc1cccc(N2CCN(C(=O)c3cncc(C(=O)NC(C)(C)C)c3)CC2)c1C. The average Bonchev–Trinajstić information content (AvgIpc) is 2.68. The van der Waals surface area contributed by atoms with E-state index in [4.69, 9.17) is 0 Å². The third-order valence-corrected chi connectivity index (χ3v) is 5.22. The van der Waals surface area contributed by atoms with Gasteiger partial charge in [-0.2, -0.15) is 0 Å². The summed E-state index contributed by atoms with van der Waals surface area (Å²) >= 11 is 0. The second-order valence-corrected chi connectivity index (χ2v) is 8.66. The van der Waals surface area contributed by atoms with Gasteiger partial charge >= 0.3 is 0 Å². The summed E-state index contributed by atoms with van der Waals surface area (Å²) in [6.07, 6.45) is 3.03. The van der Waals surface area contributed by atoms with Crippen LogP contribution in [-0.2, 0) is 0 Å². The van der Waals surface area contributed by atoms with Crippen molar-refractivity contribution in [1.82, 2.24) is 15.2 Å². The highest BCUT2D eigenvalue weighted by Gasteiger charge is 2.24. The molecule has 0 saturated carbocycles. The van der Waals surface area contributed by atoms with Crippen molar-refractivity contribution in [3.63, 3.8) is 0 Å². The normalized spacial score (nSPS) is 14.7. The molecule has 6 nitrogen and oxygen atoms in total. The monoisotopic (exact) mass is 394 g/mol. The van der Waals surface area contributed by atoms with Crippen molar-refractivity contribution in [3.8, 4) is 0 Å². The Morgan fingerprint density at radius 2 is 1.66 bits per heavy atom. The Balaban J connectivity index is 1.67. The maximum Gasteiger partial charge on any atom is 0.255 e. The molecule has 2 amide bonds. The van der Waals surface area contributed by atoms with Gasteiger partial charge in [0.2, 0.25) is 0 Å². The van der Waals surface area contributed by atoms with Crippen molar-refractivity contribution < 1.29 is 9.59 Å². The fourth-order valence-electron chi connectivity index (χ4n) is 3.51. The molecular weight excluding hydrogens is 364 g/mol. The van der Waals surface area contributed by atoms with Crippen molar-refractivity contribution in [3.05, 3.63) is 58.9 Å². The van der Waals surface area contributed by atoms with E-state index >= 15 is 0 Å². The Morgan fingerprint density at radius 1 is 1.00 bits per heavy atom. The summed E-state index contributed by atoms with van der Waals surface area (Å²) in [4.78, 5) is 33.6. The number of amides is 2. The van der Waals surface area contributed by atoms with Crippen LogP contribution in [0, 0.1) is 13.8 Å². The van der Waals surface area contributed by atoms with Gasteiger partial charge in [0.05, 0.1) is 11.1 Å². The van der Waals surface area contributed by atoms with Crippen LogP contribution in [0.5, 0.6) is 0 Å². The van der Waals surface area contributed by atoms with Gasteiger partial charge in [0, 0.05) is 49.8 Å². The molecule has 0 spiro atoms. The predicted molar refractivity (Wildman–Crippen MR) is 115 cm³/mol. The molecule has 1 aromatic heterocycles. The molecule has 1 aliphatic rings. The zero-order chi connectivity index (χ0) is 21.2. The van der Waals surface area contributed by atoms with Gasteiger partial charge in [-0.3, -0.25) is 14.6 Å². The van der Waals surface area contributed by atoms with Gasteiger partial charge < -0.3 is 15.1 Å². The second-order valence-electron chi connectivity index (χ2n) is 8.66. The highest BCUT2D eigenvalue weighted by atomic mass is 16.2. The number of rotatable bonds is 3. The molecule has 2 aromatic rings. The number of nitrogens with one attached hydrogen (secondary N) is 1. The molecule has 0 atom stereocenters. The predicted octanol–water partition coefficient (Wildman–Crippen LogP) is 3.19. The number of aryl methyl sites for hydroxylation is 1. The first kappa shape index (κ1) is 20.8. The lowest BCUT2D eigenvalue weighted by Gasteiger charge is -2.37. The van der Waals surface area contributed by atoms with Gasteiger partial charge in [0.1, 0.15) is 0 Å². The largest absolute Gasteiger partial charge is 0.368 e. The minimum atomic E-state index is -0.346. The Labute approximate surface area is 172 Å². The Morgan fingerprint density at radius 3 is 2.31 bits per heavy atom. The zero-order valence-corrected chi connectivity index (χ0v) is 18.0. The van der Waals surface area contributed by atoms with Crippen LogP contribution >= 0.6 is 0 Å². The van der Waals surface area contributed by atoms with Crippen LogP contribution in [-0.4, -0.2) is 53.4 Å². The molecule has 1 aromatic carbocycles. The number of piperazine rings is 1. The van der Waals surface area contributed by atoms with Gasteiger partial charge in [0.15, 0.2) is 0 Å². The summed E-state index contributed by atoms with van der Waals surface area (Å²) in [6, 6.07) is 7.97. The highest BCUT2D eigenvalue weighted by molar-refractivity contribution is 5.99. The molecule has 3 rings (SSSR count). The molecule has 1 fully saturated rings. The lowest BCUT2D eigenvalue weighted by molar-refractivity contribution is 0.0746. The Hall–Kier alpha value is -2.89. The molecule has 1 aliphatic heterocycles. The number of aromatic nitrogens is 1. The lowest BCUT2D eigenvalue weighted by Crippen LogP contribution is -2.49. The highest BCUT2D eigenvalue weighted by Crippen LogP contribution is 2.24. The third-order valence-electron chi connectivity index (χ3n) is 5.22. The van der Waals surface area contributed by atoms with Gasteiger partial charge in [-0.05, 0) is 57.9 Å². The average molecular weight is 395 g/mol. The van der Waals surface area contributed by atoms with Crippen molar-refractivity contribution in [2.24, 2.45) is 0 Å². The van der Waals surface area contributed by atoms with Gasteiger partial charge in [-0.1, -0.05) is 12.1 Å². The number of benzene rings is 1. The van der Waals surface area contributed by atoms with Gasteiger partial charge in [0.25, 0.3) is 11.8 Å². The Kier molecular flexibility index (Phi) is 5.91.